The molecule has 3 atom stereocenters. The molecular weight excluding hydrogens is 780 g/mol. The molecule has 356 valence electrons. The van der Waals surface area contributed by atoms with Gasteiger partial charge in [0.25, 0.3) is 0 Å². The Labute approximate surface area is 376 Å². The van der Waals surface area contributed by atoms with Crippen LogP contribution in [-0.2, 0) is 18.4 Å². The summed E-state index contributed by atoms with van der Waals surface area (Å²) in [7, 11) is -4.33. The Morgan fingerprint density at radius 2 is 0.951 bits per heavy atom. The van der Waals surface area contributed by atoms with Gasteiger partial charge in [0, 0.05) is 13.0 Å². The van der Waals surface area contributed by atoms with E-state index in [2.05, 4.69) is 79.9 Å². The maximum Gasteiger partial charge on any atom is 0.472 e. The lowest BCUT2D eigenvalue weighted by Crippen LogP contribution is -2.46. The Balaban J connectivity index is 4.11. The maximum atomic E-state index is 12.8. The van der Waals surface area contributed by atoms with Crippen molar-refractivity contribution in [2.75, 3.05) is 19.8 Å². The molecule has 0 aromatic carbocycles. The number of unbranched alkanes of at least 4 members (excludes halogenated alkanes) is 25. The molecule has 1 amide bonds. The molecule has 0 aromatic heterocycles. The third-order valence-corrected chi connectivity index (χ3v) is 12.1. The van der Waals surface area contributed by atoms with E-state index in [1.165, 1.54) is 116 Å². The normalized spacial score (nSPS) is 14.4. The third kappa shape index (κ3) is 46.0. The van der Waals surface area contributed by atoms with E-state index in [4.69, 9.17) is 14.8 Å². The summed E-state index contributed by atoms with van der Waals surface area (Å²) >= 11 is 0. The minimum Gasteiger partial charge on any atom is -0.391 e. The van der Waals surface area contributed by atoms with Crippen LogP contribution in [0.25, 0.3) is 0 Å². The number of aliphatic hydroxyl groups excluding tert-OH is 1. The van der Waals surface area contributed by atoms with E-state index in [0.717, 1.165) is 89.9 Å². The molecule has 0 saturated heterocycles. The minimum absolute atomic E-state index is 0.0829. The van der Waals surface area contributed by atoms with Crippen LogP contribution in [-0.4, -0.2) is 47.8 Å². The fraction of sp³-hybridized carbons (Fsp3) is 0.788. The summed E-state index contributed by atoms with van der Waals surface area (Å²) in [6, 6.07) is -0.789. The second-order valence-electron chi connectivity index (χ2n) is 17.0. The number of aliphatic hydroxyl groups is 1. The van der Waals surface area contributed by atoms with Gasteiger partial charge in [0.15, 0.2) is 0 Å². The summed E-state index contributed by atoms with van der Waals surface area (Å²) in [5.74, 6) is -0.180. The van der Waals surface area contributed by atoms with Crippen LogP contribution in [0.15, 0.2) is 60.8 Å². The zero-order valence-electron chi connectivity index (χ0n) is 39.6. The number of rotatable bonds is 47. The maximum absolute atomic E-state index is 12.8. The van der Waals surface area contributed by atoms with E-state index >= 15 is 0 Å². The first-order chi connectivity index (χ1) is 29.9. The van der Waals surface area contributed by atoms with Crippen LogP contribution in [0, 0.1) is 0 Å². The lowest BCUT2D eigenvalue weighted by Gasteiger charge is -2.25. The van der Waals surface area contributed by atoms with Crippen molar-refractivity contribution in [1.29, 1.82) is 0 Å². The van der Waals surface area contributed by atoms with E-state index in [-0.39, 0.29) is 25.7 Å². The van der Waals surface area contributed by atoms with Gasteiger partial charge in [0.05, 0.1) is 25.4 Å². The molecule has 0 heterocycles. The predicted octanol–water partition coefficient (Wildman–Crippen LogP) is 15.0. The molecular formula is C52H97N2O6P. The minimum atomic E-state index is -4.33. The fourth-order valence-electron chi connectivity index (χ4n) is 7.34. The lowest BCUT2D eigenvalue weighted by atomic mass is 10.0. The van der Waals surface area contributed by atoms with Crippen molar-refractivity contribution in [1.82, 2.24) is 5.32 Å². The van der Waals surface area contributed by atoms with Crippen LogP contribution in [0.5, 0.6) is 0 Å². The standard InChI is InChI=1S/C52H97N2O6P/c1-3-5-7-9-11-13-15-17-19-21-23-25-27-29-31-33-35-37-39-41-43-45-51(55)50(49-60-61(57,58)59-48-47-53)54-52(56)46-44-42-40-38-36-34-32-30-28-26-24-22-20-18-16-14-12-10-8-6-4-2/h6,8,12,14,18,20,24,26,30,32,50-51,55H,3-5,7,9-11,13,15-17,19,21-23,25,27-29,31,33-49,53H2,1-2H3,(H,54,56)(H,57,58)/b8-6-,14-12-,20-18-,26-24-,32-30-. The number of hydrogen-bond acceptors (Lipinski definition) is 6. The van der Waals surface area contributed by atoms with Gasteiger partial charge >= 0.3 is 7.82 Å². The largest absolute Gasteiger partial charge is 0.472 e. The lowest BCUT2D eigenvalue weighted by molar-refractivity contribution is -0.123. The first kappa shape index (κ1) is 59.2. The zero-order chi connectivity index (χ0) is 44.6. The molecule has 0 saturated carbocycles. The van der Waals surface area contributed by atoms with Crippen LogP contribution in [0.4, 0.5) is 0 Å². The molecule has 0 radical (unpaired) electrons. The van der Waals surface area contributed by atoms with Crippen molar-refractivity contribution in [2.24, 2.45) is 5.73 Å². The third-order valence-electron chi connectivity index (χ3n) is 11.1. The van der Waals surface area contributed by atoms with Crippen LogP contribution >= 0.6 is 7.82 Å². The van der Waals surface area contributed by atoms with Gasteiger partial charge in [0.2, 0.25) is 5.91 Å². The molecule has 3 unspecified atom stereocenters. The Hall–Kier alpha value is -1.80. The van der Waals surface area contributed by atoms with Crippen LogP contribution < -0.4 is 11.1 Å². The summed E-state index contributed by atoms with van der Waals surface area (Å²) in [5, 5.41) is 13.9. The number of carbonyl (C=O) groups is 1. The van der Waals surface area contributed by atoms with Crippen molar-refractivity contribution in [3.8, 4) is 0 Å². The highest BCUT2D eigenvalue weighted by Crippen LogP contribution is 2.43. The van der Waals surface area contributed by atoms with Gasteiger partial charge in [-0.3, -0.25) is 13.8 Å². The molecule has 9 heteroatoms. The van der Waals surface area contributed by atoms with Crippen molar-refractivity contribution in [3.05, 3.63) is 60.8 Å². The SMILES string of the molecule is CC/C=C\C/C=C\C/C=C\C/C=C\C/C=C\CCCCCCCC(=O)NC(COP(=O)(O)OCCN)C(O)CCCCCCCCCCCCCCCCCCCCCCC. The van der Waals surface area contributed by atoms with Crippen LogP contribution in [0.3, 0.4) is 0 Å². The Kier molecular flexibility index (Phi) is 46.3. The molecule has 0 aliphatic rings. The summed E-state index contributed by atoms with van der Waals surface area (Å²) < 4.78 is 22.3. The molecule has 0 bridgehead atoms. The number of nitrogens with one attached hydrogen (secondary N) is 1. The molecule has 61 heavy (non-hydrogen) atoms. The van der Waals surface area contributed by atoms with Crippen molar-refractivity contribution in [3.63, 3.8) is 0 Å². The van der Waals surface area contributed by atoms with Crippen molar-refractivity contribution < 1.29 is 28.4 Å². The van der Waals surface area contributed by atoms with Gasteiger partial charge in [-0.15, -0.1) is 0 Å². The number of phosphoric acid groups is 1. The smallest absolute Gasteiger partial charge is 0.391 e. The molecule has 0 aliphatic heterocycles. The van der Waals surface area contributed by atoms with E-state index in [9.17, 15) is 19.4 Å². The number of amides is 1. The summed E-state index contributed by atoms with van der Waals surface area (Å²) in [6.07, 6.45) is 61.0. The van der Waals surface area contributed by atoms with Gasteiger partial charge in [-0.05, 0) is 57.8 Å². The van der Waals surface area contributed by atoms with E-state index in [0.29, 0.717) is 12.8 Å². The monoisotopic (exact) mass is 877 g/mol. The molecule has 0 fully saturated rings. The number of nitrogens with two attached hydrogens (primary N) is 1. The average Bonchev–Trinajstić information content (AvgIpc) is 3.25. The number of carbonyl (C=O) groups excluding carboxylic acids is 1. The van der Waals surface area contributed by atoms with E-state index in [1.807, 2.05) is 0 Å². The Morgan fingerprint density at radius 3 is 1.39 bits per heavy atom. The second-order valence-corrected chi connectivity index (χ2v) is 18.5. The summed E-state index contributed by atoms with van der Waals surface area (Å²) in [5.41, 5.74) is 5.40. The first-order valence-electron chi connectivity index (χ1n) is 25.4. The van der Waals surface area contributed by atoms with Crippen molar-refractivity contribution in [2.45, 2.75) is 244 Å². The molecule has 0 spiro atoms. The number of allylic oxidation sites excluding steroid dienone is 10. The highest BCUT2D eigenvalue weighted by Gasteiger charge is 2.27. The predicted molar refractivity (Wildman–Crippen MR) is 263 cm³/mol. The number of hydrogen-bond donors (Lipinski definition) is 4. The van der Waals surface area contributed by atoms with E-state index < -0.39 is 20.0 Å². The molecule has 8 nitrogen and oxygen atoms in total. The topological polar surface area (TPSA) is 131 Å². The highest BCUT2D eigenvalue weighted by molar-refractivity contribution is 7.47. The summed E-state index contributed by atoms with van der Waals surface area (Å²) in [6.45, 7) is 4.10. The van der Waals surface area contributed by atoms with Gasteiger partial charge in [-0.2, -0.15) is 0 Å². The zero-order valence-corrected chi connectivity index (χ0v) is 40.5. The van der Waals surface area contributed by atoms with Gasteiger partial charge in [-0.25, -0.2) is 4.57 Å². The molecule has 0 aromatic rings. The Bertz CT molecular complexity index is 1140. The van der Waals surface area contributed by atoms with E-state index in [1.54, 1.807) is 0 Å². The van der Waals surface area contributed by atoms with Crippen molar-refractivity contribution >= 4 is 13.7 Å². The Morgan fingerprint density at radius 1 is 0.557 bits per heavy atom. The number of phosphoric ester groups is 1. The van der Waals surface area contributed by atoms with Gasteiger partial charge < -0.3 is 21.1 Å². The fourth-order valence-corrected chi connectivity index (χ4v) is 8.10. The summed E-state index contributed by atoms with van der Waals surface area (Å²) in [4.78, 5) is 22.8. The van der Waals surface area contributed by atoms with Crippen LogP contribution in [0.1, 0.15) is 232 Å². The van der Waals surface area contributed by atoms with Gasteiger partial charge in [0.1, 0.15) is 0 Å². The average molecular weight is 877 g/mol. The quantitative estimate of drug-likeness (QED) is 0.0272. The molecule has 5 N–H and O–H groups in total. The molecule has 0 aliphatic carbocycles. The second kappa shape index (κ2) is 47.7. The highest BCUT2D eigenvalue weighted by atomic mass is 31.2. The molecule has 0 rings (SSSR count). The van der Waals surface area contributed by atoms with Crippen LogP contribution in [0.2, 0.25) is 0 Å². The first-order valence-corrected chi connectivity index (χ1v) is 26.9. The van der Waals surface area contributed by atoms with Gasteiger partial charge in [-0.1, -0.05) is 229 Å².